The van der Waals surface area contributed by atoms with Crippen LogP contribution in [0, 0.1) is 5.82 Å². The van der Waals surface area contributed by atoms with Gasteiger partial charge in [0.2, 0.25) is 5.78 Å². The highest BCUT2D eigenvalue weighted by Crippen LogP contribution is 2.35. The number of aliphatic hydroxyl groups excluding tert-OH is 3. The van der Waals surface area contributed by atoms with E-state index in [4.69, 9.17) is 5.73 Å². The first kappa shape index (κ1) is 34.0. The Morgan fingerprint density at radius 2 is 1.67 bits per heavy atom. The highest BCUT2D eigenvalue weighted by atomic mass is 19.1. The minimum Gasteiger partial charge on any atom is -0.510 e. The van der Waals surface area contributed by atoms with Gasteiger partial charge in [-0.1, -0.05) is 48.9 Å². The van der Waals surface area contributed by atoms with Crippen molar-refractivity contribution >= 4 is 17.5 Å². The van der Waals surface area contributed by atoms with E-state index in [1.165, 1.54) is 18.2 Å². The number of nitrogens with two attached hydrogens (primary N) is 1. The zero-order valence-corrected chi connectivity index (χ0v) is 25.7. The number of carbonyl (C=O) groups is 3. The first-order chi connectivity index (χ1) is 21.9. The molecule has 1 aliphatic carbocycles. The van der Waals surface area contributed by atoms with Crippen molar-refractivity contribution in [3.05, 3.63) is 112 Å². The molecule has 7 N–H and O–H groups in total. The van der Waals surface area contributed by atoms with E-state index in [1.54, 1.807) is 31.1 Å². The van der Waals surface area contributed by atoms with Crippen molar-refractivity contribution in [1.82, 2.24) is 10.2 Å². The van der Waals surface area contributed by atoms with Crippen LogP contribution in [-0.2, 0) is 29.1 Å². The number of primary amides is 1. The summed E-state index contributed by atoms with van der Waals surface area (Å²) in [4.78, 5) is 40.2. The van der Waals surface area contributed by atoms with E-state index in [2.05, 4.69) is 5.32 Å². The maximum absolute atomic E-state index is 13.5. The van der Waals surface area contributed by atoms with Crippen LogP contribution in [0.4, 0.5) is 4.39 Å². The van der Waals surface area contributed by atoms with Crippen molar-refractivity contribution < 1.29 is 39.2 Å². The lowest BCUT2D eigenvalue weighted by Gasteiger charge is -2.26. The van der Waals surface area contributed by atoms with E-state index >= 15 is 0 Å². The Bertz CT molecular complexity index is 1680. The zero-order chi connectivity index (χ0) is 33.5. The van der Waals surface area contributed by atoms with Gasteiger partial charge in [-0.25, -0.2) is 4.39 Å². The van der Waals surface area contributed by atoms with Gasteiger partial charge in [0.05, 0.1) is 11.6 Å². The second kappa shape index (κ2) is 15.0. The molecule has 0 saturated heterocycles. The Morgan fingerprint density at radius 1 is 0.978 bits per heavy atom. The van der Waals surface area contributed by atoms with E-state index in [1.807, 2.05) is 30.3 Å². The summed E-state index contributed by atoms with van der Waals surface area (Å²) < 4.78 is 13.5. The number of phenolic OH excluding ortho intramolecular Hbond substituents is 1. The number of ketones is 2. The van der Waals surface area contributed by atoms with E-state index in [0.29, 0.717) is 49.6 Å². The molecule has 11 heteroatoms. The quantitative estimate of drug-likeness (QED) is 0.211. The Morgan fingerprint density at radius 3 is 2.33 bits per heavy atom. The molecule has 0 bridgehead atoms. The summed E-state index contributed by atoms with van der Waals surface area (Å²) in [6.07, 6.45) is -0.163. The Balaban J connectivity index is 1.68. The Labute approximate surface area is 266 Å². The molecule has 10 nitrogen and oxygen atoms in total. The lowest BCUT2D eigenvalue weighted by Crippen LogP contribution is -2.37. The third kappa shape index (κ3) is 7.86. The summed E-state index contributed by atoms with van der Waals surface area (Å²) in [5.41, 5.74) is 8.13. The van der Waals surface area contributed by atoms with Crippen LogP contribution in [0.1, 0.15) is 46.3 Å². The number of fused-ring (bicyclic) bond motifs is 1. The smallest absolute Gasteiger partial charge is 0.255 e. The van der Waals surface area contributed by atoms with Crippen LogP contribution < -0.4 is 11.1 Å². The number of carbonyl (C=O) groups excluding carboxylic acids is 3. The molecule has 4 rings (SSSR count). The third-order valence-electron chi connectivity index (χ3n) is 8.00. The largest absolute Gasteiger partial charge is 0.510 e. The fourth-order valence-electron chi connectivity index (χ4n) is 5.62. The molecule has 0 spiro atoms. The molecule has 0 unspecified atom stereocenters. The van der Waals surface area contributed by atoms with Crippen molar-refractivity contribution in [2.45, 2.75) is 50.9 Å². The van der Waals surface area contributed by atoms with E-state index in [0.717, 1.165) is 16.7 Å². The number of allylic oxidation sites excluding steroid dienone is 1. The summed E-state index contributed by atoms with van der Waals surface area (Å²) in [5, 5.41) is 46.2. The lowest BCUT2D eigenvalue weighted by molar-refractivity contribution is -0.126. The summed E-state index contributed by atoms with van der Waals surface area (Å²) in [6, 6.07) is 16.2. The number of aliphatic hydroxyl groups is 3. The molecular formula is C35H38FN3O7. The number of hydrogen-bond acceptors (Lipinski definition) is 9. The molecule has 242 valence electrons. The summed E-state index contributed by atoms with van der Waals surface area (Å²) in [7, 11) is 3.29. The molecule has 46 heavy (non-hydrogen) atoms. The predicted octanol–water partition coefficient (Wildman–Crippen LogP) is 4.00. The van der Waals surface area contributed by atoms with Crippen LogP contribution in [0.5, 0.6) is 5.75 Å². The average Bonchev–Trinajstić information content (AvgIpc) is 3.00. The monoisotopic (exact) mass is 631 g/mol. The maximum atomic E-state index is 13.5. The zero-order valence-electron chi connectivity index (χ0n) is 25.7. The van der Waals surface area contributed by atoms with Gasteiger partial charge in [-0.2, -0.15) is 0 Å². The number of rotatable bonds is 7. The maximum Gasteiger partial charge on any atom is 0.255 e. The number of likely N-dealkylation sites (N-methyl/N-ethyl adjacent to an activating group) is 1. The summed E-state index contributed by atoms with van der Waals surface area (Å²) in [5.74, 6) is -5.88. The molecule has 0 fully saturated rings. The lowest BCUT2D eigenvalue weighted by atomic mass is 9.88. The second-order valence-corrected chi connectivity index (χ2v) is 11.5. The molecule has 1 amide bonds. The van der Waals surface area contributed by atoms with Crippen LogP contribution in [0.15, 0.2) is 83.8 Å². The number of amides is 1. The molecule has 3 aromatic rings. The summed E-state index contributed by atoms with van der Waals surface area (Å²) >= 11 is 0. The first-order valence-corrected chi connectivity index (χ1v) is 14.8. The molecule has 0 saturated carbocycles. The van der Waals surface area contributed by atoms with Crippen LogP contribution in [0.3, 0.4) is 0 Å². The van der Waals surface area contributed by atoms with Gasteiger partial charge in [-0.15, -0.1) is 0 Å². The number of Topliss-reactive ketones (excluding diaryl/α,β-unsaturated/α-hetero) is 1. The highest BCUT2D eigenvalue weighted by molar-refractivity contribution is 6.21. The van der Waals surface area contributed by atoms with E-state index in [-0.39, 0.29) is 23.6 Å². The van der Waals surface area contributed by atoms with Gasteiger partial charge in [0.15, 0.2) is 11.9 Å². The van der Waals surface area contributed by atoms with Gasteiger partial charge in [-0.05, 0) is 79.4 Å². The Kier molecular flexibility index (Phi) is 11.1. The SMILES string of the molecule is CN(C)[C@@H]1CCCCc2c(-c3ccc(CNCc4cccc(F)c4)cc3)ccc(O)c2C(=O)/C=C(\O)[C@H](O)C(=O)/C(C(N)=O)=C\1O. The number of nitrogens with zero attached hydrogens (tertiary/aromatic N) is 1. The fourth-order valence-corrected chi connectivity index (χ4v) is 5.62. The van der Waals surface area contributed by atoms with Gasteiger partial charge in [-0.3, -0.25) is 19.3 Å². The standard InChI is InChI=1S/C35H38FN3O7/c1-39(2)26-9-4-3-8-25-24(22-12-10-20(11-13-22)18-38-19-21-6-5-7-23(36)16-21)14-15-27(40)30(25)28(41)17-29(42)33(44)34(45)31(32(26)43)35(37)46/h5-7,10-17,26,33,38,40,42-44H,3-4,8-9,18-19H2,1-2H3,(H2,37,46)/b29-17-,32-31-/t26-,33+/m1/s1. The molecule has 0 aliphatic heterocycles. The number of nitrogens with one attached hydrogen (secondary N) is 1. The fraction of sp³-hybridized carbons (Fsp3) is 0.286. The molecule has 0 heterocycles. The van der Waals surface area contributed by atoms with E-state index in [9.17, 15) is 39.2 Å². The van der Waals surface area contributed by atoms with Crippen LogP contribution in [-0.4, -0.2) is 69.0 Å². The number of aromatic hydroxyl groups is 1. The van der Waals surface area contributed by atoms with Crippen LogP contribution in [0.2, 0.25) is 0 Å². The molecule has 2 atom stereocenters. The average molecular weight is 632 g/mol. The highest BCUT2D eigenvalue weighted by Gasteiger charge is 2.34. The van der Waals surface area contributed by atoms with Crippen molar-refractivity contribution in [1.29, 1.82) is 0 Å². The molecule has 0 aromatic heterocycles. The topological polar surface area (TPSA) is 173 Å². The third-order valence-corrected chi connectivity index (χ3v) is 8.00. The predicted molar refractivity (Wildman–Crippen MR) is 170 cm³/mol. The first-order valence-electron chi connectivity index (χ1n) is 14.8. The minimum atomic E-state index is -2.37. The van der Waals surface area contributed by atoms with Crippen molar-refractivity contribution in [3.63, 3.8) is 0 Å². The Hall–Kier alpha value is -4.84. The number of halogens is 1. The van der Waals surface area contributed by atoms with Gasteiger partial charge in [0.25, 0.3) is 5.91 Å². The minimum absolute atomic E-state index is 0.0979. The second-order valence-electron chi connectivity index (χ2n) is 11.5. The van der Waals surface area contributed by atoms with Crippen LogP contribution >= 0.6 is 0 Å². The van der Waals surface area contributed by atoms with Crippen molar-refractivity contribution in [3.8, 4) is 16.9 Å². The molecular weight excluding hydrogens is 593 g/mol. The van der Waals surface area contributed by atoms with Gasteiger partial charge in [0.1, 0.15) is 28.7 Å². The number of phenols is 1. The van der Waals surface area contributed by atoms with Gasteiger partial charge < -0.3 is 31.5 Å². The van der Waals surface area contributed by atoms with E-state index < -0.39 is 46.7 Å². The van der Waals surface area contributed by atoms with Gasteiger partial charge in [0, 0.05) is 19.2 Å². The molecule has 0 radical (unpaired) electrons. The number of benzene rings is 3. The molecule has 3 aromatic carbocycles. The normalized spacial score (nSPS) is 20.9. The number of hydrogen-bond donors (Lipinski definition) is 6. The molecule has 1 aliphatic rings. The van der Waals surface area contributed by atoms with Crippen molar-refractivity contribution in [2.75, 3.05) is 14.1 Å². The van der Waals surface area contributed by atoms with Gasteiger partial charge >= 0.3 is 0 Å². The summed E-state index contributed by atoms with van der Waals surface area (Å²) in [6.45, 7) is 1.01. The van der Waals surface area contributed by atoms with Crippen LogP contribution in [0.25, 0.3) is 11.1 Å². The van der Waals surface area contributed by atoms with Crippen molar-refractivity contribution in [2.24, 2.45) is 5.73 Å².